The number of thiophene rings is 1. The molecule has 0 radical (unpaired) electrons. The highest BCUT2D eigenvalue weighted by Crippen LogP contribution is 2.32. The second-order valence-electron chi connectivity index (χ2n) is 6.36. The van der Waals surface area contributed by atoms with E-state index in [1.54, 1.807) is 11.3 Å². The van der Waals surface area contributed by atoms with E-state index in [0.29, 0.717) is 6.04 Å². The first-order valence-corrected chi connectivity index (χ1v) is 8.68. The Balaban J connectivity index is 2.34. The number of halogens is 1. The number of hydrogen-bond acceptors (Lipinski definition) is 2. The van der Waals surface area contributed by atoms with Crippen LogP contribution < -0.4 is 5.32 Å². The SMILES string of the molecule is CCNC(Cc1ccc(Cl)s1)c1ccccc1C(C)(C)C. The Hall–Kier alpha value is -0.830. The summed E-state index contributed by atoms with van der Waals surface area (Å²) in [4.78, 5) is 1.33. The molecule has 21 heavy (non-hydrogen) atoms. The molecule has 1 nitrogen and oxygen atoms in total. The minimum absolute atomic E-state index is 0.150. The average Bonchev–Trinajstić information content (AvgIpc) is 2.83. The number of likely N-dealkylation sites (N-methyl/N-ethyl adjacent to an activating group) is 1. The van der Waals surface area contributed by atoms with Gasteiger partial charge in [-0.05, 0) is 35.2 Å². The second-order valence-corrected chi connectivity index (χ2v) is 8.16. The van der Waals surface area contributed by atoms with Crippen LogP contribution in [0.4, 0.5) is 0 Å². The zero-order chi connectivity index (χ0) is 15.5. The van der Waals surface area contributed by atoms with Crippen LogP contribution in [0.25, 0.3) is 0 Å². The maximum atomic E-state index is 6.07. The van der Waals surface area contributed by atoms with Crippen LogP contribution in [0.5, 0.6) is 0 Å². The van der Waals surface area contributed by atoms with Crippen molar-refractivity contribution in [3.05, 3.63) is 56.7 Å². The summed E-state index contributed by atoms with van der Waals surface area (Å²) in [6.45, 7) is 9.95. The van der Waals surface area contributed by atoms with Gasteiger partial charge in [-0.15, -0.1) is 11.3 Å². The third kappa shape index (κ3) is 4.32. The highest BCUT2D eigenvalue weighted by atomic mass is 35.5. The molecular formula is C18H24ClNS. The van der Waals surface area contributed by atoms with E-state index in [9.17, 15) is 0 Å². The monoisotopic (exact) mass is 321 g/mol. The van der Waals surface area contributed by atoms with Gasteiger partial charge in [0.1, 0.15) is 0 Å². The van der Waals surface area contributed by atoms with Gasteiger partial charge in [-0.1, -0.05) is 63.6 Å². The second kappa shape index (κ2) is 6.95. The van der Waals surface area contributed by atoms with Crippen LogP contribution in [0.3, 0.4) is 0 Å². The lowest BCUT2D eigenvalue weighted by molar-refractivity contribution is 0.519. The Morgan fingerprint density at radius 2 is 1.86 bits per heavy atom. The predicted molar refractivity (Wildman–Crippen MR) is 94.6 cm³/mol. The summed E-state index contributed by atoms with van der Waals surface area (Å²) in [6, 6.07) is 13.2. The van der Waals surface area contributed by atoms with Crippen molar-refractivity contribution in [3.63, 3.8) is 0 Å². The Morgan fingerprint density at radius 1 is 1.14 bits per heavy atom. The molecule has 1 aromatic carbocycles. The van der Waals surface area contributed by atoms with Crippen molar-refractivity contribution in [3.8, 4) is 0 Å². The lowest BCUT2D eigenvalue weighted by Crippen LogP contribution is -2.26. The zero-order valence-corrected chi connectivity index (χ0v) is 14.8. The van der Waals surface area contributed by atoms with E-state index in [1.165, 1.54) is 16.0 Å². The van der Waals surface area contributed by atoms with E-state index in [1.807, 2.05) is 6.07 Å². The fourth-order valence-corrected chi connectivity index (χ4v) is 3.82. The first-order chi connectivity index (χ1) is 9.91. The number of nitrogens with one attached hydrogen (secondary N) is 1. The Morgan fingerprint density at radius 3 is 2.43 bits per heavy atom. The minimum Gasteiger partial charge on any atom is -0.310 e. The Bertz CT molecular complexity index is 583. The van der Waals surface area contributed by atoms with Crippen LogP contribution in [0.2, 0.25) is 4.34 Å². The van der Waals surface area contributed by atoms with E-state index >= 15 is 0 Å². The van der Waals surface area contributed by atoms with E-state index in [0.717, 1.165) is 17.3 Å². The van der Waals surface area contributed by atoms with Gasteiger partial charge in [0.2, 0.25) is 0 Å². The summed E-state index contributed by atoms with van der Waals surface area (Å²) >= 11 is 7.74. The van der Waals surface area contributed by atoms with Gasteiger partial charge in [-0.25, -0.2) is 0 Å². The fraction of sp³-hybridized carbons (Fsp3) is 0.444. The normalized spacial score (nSPS) is 13.4. The number of rotatable bonds is 5. The quantitative estimate of drug-likeness (QED) is 0.756. The summed E-state index contributed by atoms with van der Waals surface area (Å²) < 4.78 is 0.865. The third-order valence-corrected chi connectivity index (χ3v) is 4.88. The largest absolute Gasteiger partial charge is 0.310 e. The zero-order valence-electron chi connectivity index (χ0n) is 13.2. The van der Waals surface area contributed by atoms with Crippen molar-refractivity contribution in [1.82, 2.24) is 5.32 Å². The minimum atomic E-state index is 0.150. The Kier molecular flexibility index (Phi) is 5.48. The fourth-order valence-electron chi connectivity index (χ4n) is 2.68. The van der Waals surface area contributed by atoms with Gasteiger partial charge in [0, 0.05) is 17.3 Å². The average molecular weight is 322 g/mol. The van der Waals surface area contributed by atoms with Crippen molar-refractivity contribution in [1.29, 1.82) is 0 Å². The van der Waals surface area contributed by atoms with E-state index in [-0.39, 0.29) is 5.41 Å². The molecule has 0 saturated heterocycles. The molecule has 1 unspecified atom stereocenters. The smallest absolute Gasteiger partial charge is 0.0931 e. The van der Waals surface area contributed by atoms with Gasteiger partial charge in [-0.2, -0.15) is 0 Å². The first kappa shape index (κ1) is 16.5. The summed E-state index contributed by atoms with van der Waals surface area (Å²) in [5.74, 6) is 0. The third-order valence-electron chi connectivity index (χ3n) is 3.63. The molecule has 1 aromatic heterocycles. The standard InChI is InChI=1S/C18H24ClNS/c1-5-20-16(12-13-10-11-17(19)21-13)14-8-6-7-9-15(14)18(2,3)4/h6-11,16,20H,5,12H2,1-4H3. The molecule has 1 heterocycles. The molecule has 1 atom stereocenters. The molecule has 3 heteroatoms. The topological polar surface area (TPSA) is 12.0 Å². The maximum absolute atomic E-state index is 6.07. The summed E-state index contributed by atoms with van der Waals surface area (Å²) in [5, 5.41) is 3.63. The van der Waals surface area contributed by atoms with Gasteiger partial charge in [-0.3, -0.25) is 0 Å². The molecule has 0 bridgehead atoms. The molecule has 0 spiro atoms. The highest BCUT2D eigenvalue weighted by molar-refractivity contribution is 7.16. The first-order valence-electron chi connectivity index (χ1n) is 7.49. The molecular weight excluding hydrogens is 298 g/mol. The van der Waals surface area contributed by atoms with E-state index in [4.69, 9.17) is 11.6 Å². The molecule has 2 rings (SSSR count). The van der Waals surface area contributed by atoms with Crippen LogP contribution in [-0.4, -0.2) is 6.54 Å². The van der Waals surface area contributed by atoms with Crippen LogP contribution in [0.1, 0.15) is 49.7 Å². The van der Waals surface area contributed by atoms with Crippen LogP contribution in [-0.2, 0) is 11.8 Å². The Labute approximate surface area is 137 Å². The van der Waals surface area contributed by atoms with Gasteiger partial charge in [0.05, 0.1) is 4.34 Å². The molecule has 0 aliphatic carbocycles. The molecule has 0 amide bonds. The molecule has 114 valence electrons. The van der Waals surface area contributed by atoms with Gasteiger partial charge in [0.15, 0.2) is 0 Å². The summed E-state index contributed by atoms with van der Waals surface area (Å²) in [5.41, 5.74) is 2.96. The lowest BCUT2D eigenvalue weighted by Gasteiger charge is -2.28. The molecule has 0 fully saturated rings. The van der Waals surface area contributed by atoms with Gasteiger partial charge >= 0.3 is 0 Å². The number of benzene rings is 1. The van der Waals surface area contributed by atoms with Crippen molar-refractivity contribution >= 4 is 22.9 Å². The number of hydrogen-bond donors (Lipinski definition) is 1. The van der Waals surface area contributed by atoms with Crippen molar-refractivity contribution in [2.75, 3.05) is 6.54 Å². The molecule has 2 aromatic rings. The lowest BCUT2D eigenvalue weighted by atomic mass is 9.81. The predicted octanol–water partition coefficient (Wildman–Crippen LogP) is 5.59. The van der Waals surface area contributed by atoms with Crippen molar-refractivity contribution in [2.45, 2.75) is 45.6 Å². The van der Waals surface area contributed by atoms with E-state index in [2.05, 4.69) is 63.3 Å². The maximum Gasteiger partial charge on any atom is 0.0931 e. The molecule has 0 saturated carbocycles. The van der Waals surface area contributed by atoms with E-state index < -0.39 is 0 Å². The van der Waals surface area contributed by atoms with Gasteiger partial charge in [0.25, 0.3) is 0 Å². The van der Waals surface area contributed by atoms with Crippen LogP contribution >= 0.6 is 22.9 Å². The van der Waals surface area contributed by atoms with Crippen molar-refractivity contribution in [2.24, 2.45) is 0 Å². The van der Waals surface area contributed by atoms with Gasteiger partial charge < -0.3 is 5.32 Å². The van der Waals surface area contributed by atoms with Crippen LogP contribution in [0.15, 0.2) is 36.4 Å². The van der Waals surface area contributed by atoms with Crippen molar-refractivity contribution < 1.29 is 0 Å². The molecule has 0 aliphatic heterocycles. The highest BCUT2D eigenvalue weighted by Gasteiger charge is 2.22. The summed E-state index contributed by atoms with van der Waals surface area (Å²) in [6.07, 6.45) is 0.984. The molecule has 0 aliphatic rings. The molecule has 1 N–H and O–H groups in total. The van der Waals surface area contributed by atoms with Crippen LogP contribution in [0, 0.1) is 0 Å². The summed E-state index contributed by atoms with van der Waals surface area (Å²) in [7, 11) is 0.